The number of nitrogens with one attached hydrogen (secondary N) is 1. The zero-order chi connectivity index (χ0) is 28.9. The number of aromatic hydroxyl groups is 1. The second kappa shape index (κ2) is 15.8. The van der Waals surface area contributed by atoms with Gasteiger partial charge < -0.3 is 25.7 Å². The van der Waals surface area contributed by atoms with E-state index < -0.39 is 5.92 Å². The van der Waals surface area contributed by atoms with Crippen molar-refractivity contribution in [2.45, 2.75) is 77.0 Å². The normalized spacial score (nSPS) is 12.7. The summed E-state index contributed by atoms with van der Waals surface area (Å²) < 4.78 is 5.50. The number of aromatic nitrogens is 2. The molecule has 3 rings (SSSR count). The average Bonchev–Trinajstić information content (AvgIpc) is 3.46. The molecule has 2 atom stereocenters. The van der Waals surface area contributed by atoms with Crippen LogP contribution in [0.1, 0.15) is 86.6 Å². The summed E-state index contributed by atoms with van der Waals surface area (Å²) in [5.41, 5.74) is 9.14. The number of hydrogen-bond donors (Lipinski definition) is 4. The zero-order valence-electron chi connectivity index (χ0n) is 23.7. The summed E-state index contributed by atoms with van der Waals surface area (Å²) in [6.07, 6.45) is 10.3. The molecule has 0 saturated carbocycles. The molecule has 0 fully saturated rings. The fraction of sp³-hybridized carbons (Fsp3) is 0.469. The number of nitrogens with zero attached hydrogens (tertiary/aromatic N) is 1. The molecule has 8 nitrogen and oxygen atoms in total. The van der Waals surface area contributed by atoms with Gasteiger partial charge in [0, 0.05) is 49.0 Å². The molecule has 0 aliphatic carbocycles. The number of benzene rings is 1. The summed E-state index contributed by atoms with van der Waals surface area (Å²) in [5.74, 6) is -0.239. The van der Waals surface area contributed by atoms with E-state index in [-0.39, 0.29) is 48.4 Å². The Bertz CT molecular complexity index is 1230. The number of unbranched alkanes of at least 4 members (excludes halogenated alkanes) is 4. The van der Waals surface area contributed by atoms with E-state index in [0.29, 0.717) is 30.6 Å². The van der Waals surface area contributed by atoms with E-state index in [0.717, 1.165) is 42.5 Å². The van der Waals surface area contributed by atoms with Crippen molar-refractivity contribution in [2.24, 2.45) is 5.92 Å². The van der Waals surface area contributed by atoms with Crippen LogP contribution in [-0.4, -0.2) is 45.5 Å². The number of Topliss-reactive ketones (excluding diaryl/α,β-unsaturated/α-hetero) is 2. The third-order valence-electron chi connectivity index (χ3n) is 7.38. The van der Waals surface area contributed by atoms with E-state index in [1.165, 1.54) is 13.5 Å². The van der Waals surface area contributed by atoms with Crippen molar-refractivity contribution in [3.05, 3.63) is 71.2 Å². The van der Waals surface area contributed by atoms with Crippen LogP contribution < -0.4 is 10.5 Å². The summed E-state index contributed by atoms with van der Waals surface area (Å²) in [6.45, 7) is 2.01. The number of rotatable bonds is 18. The van der Waals surface area contributed by atoms with Gasteiger partial charge in [0.25, 0.3) is 0 Å². The first-order valence-electron chi connectivity index (χ1n) is 14.2. The number of aryl methyl sites for hydroxylation is 1. The number of carbonyl (C=O) groups excluding carboxylic acids is 2. The van der Waals surface area contributed by atoms with Crippen molar-refractivity contribution >= 4 is 17.4 Å². The molecule has 0 unspecified atom stereocenters. The number of nitrogen functional groups attached to an aromatic ring is 1. The number of phenols is 1. The molecular formula is C32H43N3O5. The standard InChI is InChI=1S/C32H43N3O5/c1-3-4-5-6-7-10-26(37)20-27(38)12-11-22-16-28(32(39)29(17-22)40-2)31(23-13-15-35-30(33)19-23)24(21-36)18-25-9-8-14-34-25/h8-9,13-17,19,24,31,34,36,39H,3-7,10-12,18,20-21H2,1-2H3,(H2,33,35)/t24-,31-/m0/s1. The molecule has 40 heavy (non-hydrogen) atoms. The molecule has 0 bridgehead atoms. The van der Waals surface area contributed by atoms with E-state index in [9.17, 15) is 19.8 Å². The van der Waals surface area contributed by atoms with Gasteiger partial charge in [0.2, 0.25) is 0 Å². The first kappa shape index (κ1) is 30.9. The van der Waals surface area contributed by atoms with E-state index in [4.69, 9.17) is 10.5 Å². The third-order valence-corrected chi connectivity index (χ3v) is 7.38. The first-order chi connectivity index (χ1) is 19.4. The largest absolute Gasteiger partial charge is 0.504 e. The number of aliphatic hydroxyl groups excluding tert-OH is 1. The number of ketones is 2. The lowest BCUT2D eigenvalue weighted by molar-refractivity contribution is -0.127. The quantitative estimate of drug-likeness (QED) is 0.121. The van der Waals surface area contributed by atoms with Crippen LogP contribution in [0.4, 0.5) is 5.82 Å². The van der Waals surface area contributed by atoms with Gasteiger partial charge in [0.05, 0.1) is 13.5 Å². The Hall–Kier alpha value is -3.65. The molecule has 0 aliphatic heterocycles. The van der Waals surface area contributed by atoms with Crippen LogP contribution in [0.25, 0.3) is 0 Å². The monoisotopic (exact) mass is 549 g/mol. The molecule has 216 valence electrons. The Morgan fingerprint density at radius 3 is 2.52 bits per heavy atom. The minimum absolute atomic E-state index is 0.00378. The van der Waals surface area contributed by atoms with Gasteiger partial charge in [-0.2, -0.15) is 0 Å². The summed E-state index contributed by atoms with van der Waals surface area (Å²) in [5, 5.41) is 21.7. The van der Waals surface area contributed by atoms with Gasteiger partial charge in [0.1, 0.15) is 17.4 Å². The SMILES string of the molecule is CCCCCCCC(=O)CC(=O)CCc1cc(OC)c(O)c([C@@H](c2ccnc(N)c2)[C@H](CO)Cc2ccc[nH]2)c1. The van der Waals surface area contributed by atoms with E-state index in [1.807, 2.05) is 30.5 Å². The third kappa shape index (κ3) is 8.95. The van der Waals surface area contributed by atoms with Gasteiger partial charge in [-0.15, -0.1) is 0 Å². The Balaban J connectivity index is 1.82. The van der Waals surface area contributed by atoms with Crippen LogP contribution in [0, 0.1) is 5.92 Å². The number of aliphatic hydroxyl groups is 1. The fourth-order valence-corrected chi connectivity index (χ4v) is 5.26. The summed E-state index contributed by atoms with van der Waals surface area (Å²) in [4.78, 5) is 32.2. The number of pyridine rings is 1. The van der Waals surface area contributed by atoms with Gasteiger partial charge in [-0.25, -0.2) is 4.98 Å². The number of anilines is 1. The van der Waals surface area contributed by atoms with Crippen LogP contribution in [0.15, 0.2) is 48.8 Å². The Labute approximate surface area is 237 Å². The first-order valence-corrected chi connectivity index (χ1v) is 14.2. The minimum Gasteiger partial charge on any atom is -0.504 e. The molecule has 0 aliphatic rings. The van der Waals surface area contributed by atoms with Crippen molar-refractivity contribution in [1.82, 2.24) is 9.97 Å². The summed E-state index contributed by atoms with van der Waals surface area (Å²) >= 11 is 0. The molecule has 0 radical (unpaired) electrons. The smallest absolute Gasteiger partial charge is 0.161 e. The number of carbonyl (C=O) groups is 2. The van der Waals surface area contributed by atoms with E-state index in [2.05, 4.69) is 16.9 Å². The van der Waals surface area contributed by atoms with Gasteiger partial charge >= 0.3 is 0 Å². The van der Waals surface area contributed by atoms with Crippen molar-refractivity contribution in [1.29, 1.82) is 0 Å². The zero-order valence-corrected chi connectivity index (χ0v) is 23.7. The average molecular weight is 550 g/mol. The van der Waals surface area contributed by atoms with Gasteiger partial charge in [0.15, 0.2) is 11.5 Å². The second-order valence-electron chi connectivity index (χ2n) is 10.5. The van der Waals surface area contributed by atoms with Crippen molar-refractivity contribution in [3.63, 3.8) is 0 Å². The lowest BCUT2D eigenvalue weighted by atomic mass is 9.78. The lowest BCUT2D eigenvalue weighted by Crippen LogP contribution is -2.22. The van der Waals surface area contributed by atoms with Crippen molar-refractivity contribution in [3.8, 4) is 11.5 Å². The molecule has 0 amide bonds. The Morgan fingerprint density at radius 1 is 1.07 bits per heavy atom. The van der Waals surface area contributed by atoms with Crippen LogP contribution in [0.5, 0.6) is 11.5 Å². The van der Waals surface area contributed by atoms with Crippen LogP contribution in [0.2, 0.25) is 0 Å². The number of hydrogen-bond acceptors (Lipinski definition) is 7. The predicted molar refractivity (Wildman–Crippen MR) is 157 cm³/mol. The number of methoxy groups -OCH3 is 1. The molecule has 0 spiro atoms. The molecule has 1 aromatic carbocycles. The number of H-pyrrole nitrogens is 1. The van der Waals surface area contributed by atoms with Crippen LogP contribution in [0.3, 0.4) is 0 Å². The predicted octanol–water partition coefficient (Wildman–Crippen LogP) is 5.51. The van der Waals surface area contributed by atoms with E-state index in [1.54, 1.807) is 18.3 Å². The topological polar surface area (TPSA) is 139 Å². The summed E-state index contributed by atoms with van der Waals surface area (Å²) in [7, 11) is 1.48. The second-order valence-corrected chi connectivity index (χ2v) is 10.5. The molecule has 2 heterocycles. The molecule has 0 saturated heterocycles. The number of aromatic amines is 1. The molecule has 8 heteroatoms. The highest BCUT2D eigenvalue weighted by Gasteiger charge is 2.30. The fourth-order valence-electron chi connectivity index (χ4n) is 5.26. The molecule has 5 N–H and O–H groups in total. The van der Waals surface area contributed by atoms with Crippen LogP contribution >= 0.6 is 0 Å². The highest BCUT2D eigenvalue weighted by Crippen LogP contribution is 2.43. The number of nitrogens with two attached hydrogens (primary N) is 1. The Morgan fingerprint density at radius 2 is 1.85 bits per heavy atom. The molecular weight excluding hydrogens is 506 g/mol. The van der Waals surface area contributed by atoms with Crippen molar-refractivity contribution < 1.29 is 24.5 Å². The maximum absolute atomic E-state index is 12.6. The van der Waals surface area contributed by atoms with E-state index >= 15 is 0 Å². The number of phenolic OH excluding ortho intramolecular Hbond substituents is 1. The van der Waals surface area contributed by atoms with Gasteiger partial charge in [-0.05, 0) is 66.6 Å². The lowest BCUT2D eigenvalue weighted by Gasteiger charge is -2.28. The maximum atomic E-state index is 12.6. The van der Waals surface area contributed by atoms with Gasteiger partial charge in [-0.3, -0.25) is 9.59 Å². The molecule has 3 aromatic rings. The highest BCUT2D eigenvalue weighted by molar-refractivity contribution is 5.99. The number of ether oxygens (including phenoxy) is 1. The Kier molecular flexibility index (Phi) is 12.2. The summed E-state index contributed by atoms with van der Waals surface area (Å²) in [6, 6.07) is 11.0. The highest BCUT2D eigenvalue weighted by atomic mass is 16.5. The van der Waals surface area contributed by atoms with Crippen molar-refractivity contribution in [2.75, 3.05) is 19.5 Å². The minimum atomic E-state index is -0.433. The maximum Gasteiger partial charge on any atom is 0.161 e. The van der Waals surface area contributed by atoms with Gasteiger partial charge in [-0.1, -0.05) is 38.7 Å². The molecule has 2 aromatic heterocycles. The van der Waals surface area contributed by atoms with Crippen LogP contribution in [-0.2, 0) is 22.4 Å².